The van der Waals surface area contributed by atoms with Crippen LogP contribution in [0.4, 0.5) is 0 Å². The molecule has 3 aromatic rings. The summed E-state index contributed by atoms with van der Waals surface area (Å²) in [7, 11) is 1.61. The minimum absolute atomic E-state index is 0.292. The van der Waals surface area contributed by atoms with Gasteiger partial charge in [-0.15, -0.1) is 11.3 Å². The summed E-state index contributed by atoms with van der Waals surface area (Å²) in [6.45, 7) is 0. The smallest absolute Gasteiger partial charge is 0.291 e. The summed E-state index contributed by atoms with van der Waals surface area (Å²) >= 11 is 1.58. The summed E-state index contributed by atoms with van der Waals surface area (Å²) < 4.78 is 5.08. The molecular weight excluding hydrogens is 312 g/mol. The lowest BCUT2D eigenvalue weighted by Gasteiger charge is -1.99. The highest BCUT2D eigenvalue weighted by atomic mass is 32.1. The summed E-state index contributed by atoms with van der Waals surface area (Å²) in [4.78, 5) is 13.0. The molecular formula is C16H14N4O2S. The van der Waals surface area contributed by atoms with Crippen LogP contribution >= 0.6 is 11.3 Å². The summed E-state index contributed by atoms with van der Waals surface area (Å²) in [6, 6.07) is 12.9. The van der Waals surface area contributed by atoms with Gasteiger partial charge in [-0.1, -0.05) is 6.07 Å². The topological polar surface area (TPSA) is 79.4 Å². The summed E-state index contributed by atoms with van der Waals surface area (Å²) in [5.41, 5.74) is 4.41. The van der Waals surface area contributed by atoms with Crippen molar-refractivity contribution in [1.82, 2.24) is 15.6 Å². The lowest BCUT2D eigenvalue weighted by atomic mass is 10.2. The van der Waals surface area contributed by atoms with Crippen molar-refractivity contribution in [1.29, 1.82) is 0 Å². The molecule has 2 aromatic heterocycles. The van der Waals surface area contributed by atoms with Gasteiger partial charge in [-0.2, -0.15) is 10.2 Å². The number of aromatic amines is 1. The van der Waals surface area contributed by atoms with Gasteiger partial charge >= 0.3 is 0 Å². The van der Waals surface area contributed by atoms with Gasteiger partial charge in [0.25, 0.3) is 5.91 Å². The number of nitrogens with zero attached hydrogens (tertiary/aromatic N) is 2. The molecule has 116 valence electrons. The number of hydrazone groups is 1. The van der Waals surface area contributed by atoms with Gasteiger partial charge in [0.1, 0.15) is 5.75 Å². The van der Waals surface area contributed by atoms with E-state index in [-0.39, 0.29) is 5.91 Å². The maximum Gasteiger partial charge on any atom is 0.291 e. The SMILES string of the molecule is COc1ccc(/C=N/NC(=O)c2cc(-c3cccs3)[nH]n2)cc1. The second kappa shape index (κ2) is 6.89. The van der Waals surface area contributed by atoms with Crippen LogP contribution in [0.1, 0.15) is 16.1 Å². The molecule has 0 saturated heterocycles. The second-order valence-electron chi connectivity index (χ2n) is 4.62. The molecule has 2 heterocycles. The monoisotopic (exact) mass is 326 g/mol. The van der Waals surface area contributed by atoms with Gasteiger partial charge in [-0.05, 0) is 47.3 Å². The van der Waals surface area contributed by atoms with Gasteiger partial charge in [0.05, 0.1) is 23.9 Å². The lowest BCUT2D eigenvalue weighted by Crippen LogP contribution is -2.17. The van der Waals surface area contributed by atoms with E-state index >= 15 is 0 Å². The number of aromatic nitrogens is 2. The number of rotatable bonds is 5. The Morgan fingerprint density at radius 2 is 2.17 bits per heavy atom. The van der Waals surface area contributed by atoms with E-state index in [1.807, 2.05) is 41.8 Å². The number of benzene rings is 1. The van der Waals surface area contributed by atoms with E-state index in [1.54, 1.807) is 30.7 Å². The molecule has 3 rings (SSSR count). The number of nitrogens with one attached hydrogen (secondary N) is 2. The van der Waals surface area contributed by atoms with E-state index in [9.17, 15) is 4.79 Å². The zero-order valence-electron chi connectivity index (χ0n) is 12.3. The van der Waals surface area contributed by atoms with Gasteiger partial charge in [-0.25, -0.2) is 5.43 Å². The Hall–Kier alpha value is -2.93. The lowest BCUT2D eigenvalue weighted by molar-refractivity contribution is 0.0950. The van der Waals surface area contributed by atoms with Crippen molar-refractivity contribution in [3.8, 4) is 16.3 Å². The van der Waals surface area contributed by atoms with Crippen LogP contribution in [0.5, 0.6) is 5.75 Å². The molecule has 0 atom stereocenters. The second-order valence-corrected chi connectivity index (χ2v) is 5.56. The fourth-order valence-corrected chi connectivity index (χ4v) is 2.60. The molecule has 2 N–H and O–H groups in total. The standard InChI is InChI=1S/C16H14N4O2S/c1-22-12-6-4-11(5-7-12)10-17-20-16(21)14-9-13(18-19-14)15-3-2-8-23-15/h2-10H,1H3,(H,18,19)(H,20,21)/b17-10+. The molecule has 0 aliphatic carbocycles. The molecule has 7 heteroatoms. The van der Waals surface area contributed by atoms with E-state index in [0.29, 0.717) is 5.69 Å². The van der Waals surface area contributed by atoms with E-state index in [1.165, 1.54) is 0 Å². The summed E-state index contributed by atoms with van der Waals surface area (Å²) in [5.74, 6) is 0.401. The first kappa shape index (κ1) is 15.0. The van der Waals surface area contributed by atoms with Crippen LogP contribution in [-0.2, 0) is 0 Å². The molecule has 0 aliphatic rings. The number of H-pyrrole nitrogens is 1. The highest BCUT2D eigenvalue weighted by Crippen LogP contribution is 2.22. The number of ether oxygens (including phenoxy) is 1. The first-order chi connectivity index (χ1) is 11.3. The largest absolute Gasteiger partial charge is 0.497 e. The predicted octanol–water partition coefficient (Wildman–Crippen LogP) is 2.91. The van der Waals surface area contributed by atoms with E-state index in [0.717, 1.165) is 21.9 Å². The van der Waals surface area contributed by atoms with Crippen molar-refractivity contribution < 1.29 is 9.53 Å². The minimum atomic E-state index is -0.367. The van der Waals surface area contributed by atoms with Crippen LogP contribution in [0, 0.1) is 0 Å². The summed E-state index contributed by atoms with van der Waals surface area (Å²) in [5, 5.41) is 12.7. The zero-order chi connectivity index (χ0) is 16.1. The number of carbonyl (C=O) groups excluding carboxylic acids is 1. The maximum atomic E-state index is 12.0. The van der Waals surface area contributed by atoms with Gasteiger partial charge in [0.2, 0.25) is 0 Å². The molecule has 0 fully saturated rings. The Morgan fingerprint density at radius 1 is 1.35 bits per heavy atom. The number of thiophene rings is 1. The third kappa shape index (κ3) is 3.64. The highest BCUT2D eigenvalue weighted by Gasteiger charge is 2.10. The number of hydrogen-bond donors (Lipinski definition) is 2. The first-order valence-electron chi connectivity index (χ1n) is 6.83. The van der Waals surface area contributed by atoms with Crippen molar-refractivity contribution in [2.24, 2.45) is 5.10 Å². The number of hydrogen-bond acceptors (Lipinski definition) is 5. The third-order valence-electron chi connectivity index (χ3n) is 3.09. The predicted molar refractivity (Wildman–Crippen MR) is 90.0 cm³/mol. The van der Waals surface area contributed by atoms with Crippen molar-refractivity contribution in [2.45, 2.75) is 0 Å². The minimum Gasteiger partial charge on any atom is -0.497 e. The number of amides is 1. The molecule has 0 aliphatic heterocycles. The molecule has 0 saturated carbocycles. The van der Waals surface area contributed by atoms with Crippen molar-refractivity contribution in [3.63, 3.8) is 0 Å². The Bertz CT molecular complexity index is 807. The molecule has 1 aromatic carbocycles. The third-order valence-corrected chi connectivity index (χ3v) is 4.00. The Labute approximate surface area is 136 Å². The van der Waals surface area contributed by atoms with Crippen LogP contribution in [0.3, 0.4) is 0 Å². The Kier molecular flexibility index (Phi) is 4.49. The van der Waals surface area contributed by atoms with E-state index in [4.69, 9.17) is 4.74 Å². The molecule has 0 radical (unpaired) electrons. The summed E-state index contributed by atoms with van der Waals surface area (Å²) in [6.07, 6.45) is 1.56. The molecule has 1 amide bonds. The fourth-order valence-electron chi connectivity index (χ4n) is 1.91. The molecule has 6 nitrogen and oxygen atoms in total. The fraction of sp³-hybridized carbons (Fsp3) is 0.0625. The first-order valence-corrected chi connectivity index (χ1v) is 7.71. The number of methoxy groups -OCH3 is 1. The Morgan fingerprint density at radius 3 is 2.87 bits per heavy atom. The van der Waals surface area contributed by atoms with Crippen LogP contribution < -0.4 is 10.2 Å². The van der Waals surface area contributed by atoms with Crippen molar-refractivity contribution in [2.75, 3.05) is 7.11 Å². The van der Waals surface area contributed by atoms with E-state index < -0.39 is 0 Å². The van der Waals surface area contributed by atoms with Crippen molar-refractivity contribution >= 4 is 23.5 Å². The Balaban J connectivity index is 1.61. The van der Waals surface area contributed by atoms with E-state index in [2.05, 4.69) is 20.7 Å². The average Bonchev–Trinajstić information content (AvgIpc) is 3.26. The van der Waals surface area contributed by atoms with Crippen LogP contribution in [0.25, 0.3) is 10.6 Å². The van der Waals surface area contributed by atoms with Gasteiger partial charge < -0.3 is 4.74 Å². The maximum absolute atomic E-state index is 12.0. The average molecular weight is 326 g/mol. The normalized spacial score (nSPS) is 10.8. The molecule has 23 heavy (non-hydrogen) atoms. The van der Waals surface area contributed by atoms with Crippen molar-refractivity contribution in [3.05, 3.63) is 59.1 Å². The van der Waals surface area contributed by atoms with Gasteiger partial charge in [0, 0.05) is 0 Å². The quantitative estimate of drug-likeness (QED) is 0.559. The van der Waals surface area contributed by atoms with Gasteiger partial charge in [-0.3, -0.25) is 9.89 Å². The molecule has 0 spiro atoms. The zero-order valence-corrected chi connectivity index (χ0v) is 13.1. The number of carbonyl (C=O) groups is 1. The van der Waals surface area contributed by atoms with Crippen LogP contribution in [0.2, 0.25) is 0 Å². The van der Waals surface area contributed by atoms with Gasteiger partial charge in [0.15, 0.2) is 5.69 Å². The molecule has 0 bridgehead atoms. The van der Waals surface area contributed by atoms with Crippen LogP contribution in [-0.4, -0.2) is 29.4 Å². The molecule has 0 unspecified atom stereocenters. The highest BCUT2D eigenvalue weighted by molar-refractivity contribution is 7.13. The van der Waals surface area contributed by atoms with Crippen LogP contribution in [0.15, 0.2) is 52.9 Å².